The van der Waals surface area contributed by atoms with E-state index in [2.05, 4.69) is 12.2 Å². The van der Waals surface area contributed by atoms with E-state index in [9.17, 15) is 0 Å². The van der Waals surface area contributed by atoms with Crippen molar-refractivity contribution in [3.8, 4) is 0 Å². The fraction of sp³-hybridized carbons (Fsp3) is 0.200. The number of hydrogen-bond donors (Lipinski definition) is 0. The van der Waals surface area contributed by atoms with Gasteiger partial charge in [0, 0.05) is 0 Å². The summed E-state index contributed by atoms with van der Waals surface area (Å²) in [5, 5.41) is 0. The number of allylic oxidation sites excluding steroid dienone is 4. The Labute approximate surface area is 69.9 Å². The van der Waals surface area contributed by atoms with Crippen molar-refractivity contribution in [1.82, 2.24) is 0 Å². The molecule has 0 atom stereocenters. The van der Waals surface area contributed by atoms with Crippen LogP contribution in [0.5, 0.6) is 0 Å². The van der Waals surface area contributed by atoms with E-state index in [0.717, 1.165) is 6.42 Å². The van der Waals surface area contributed by atoms with Gasteiger partial charge in [-0.2, -0.15) is 6.08 Å². The minimum absolute atomic E-state index is 0. The summed E-state index contributed by atoms with van der Waals surface area (Å²) in [7, 11) is 0. The Morgan fingerprint density at radius 2 is 2.14 bits per heavy atom. The van der Waals surface area contributed by atoms with E-state index >= 15 is 0 Å². The molecule has 0 radical (unpaired) electrons. The topological polar surface area (TPSA) is 0 Å². The van der Waals surface area contributed by atoms with Crippen molar-refractivity contribution >= 4 is 0 Å². The molecule has 2 heteroatoms. The van der Waals surface area contributed by atoms with Crippen molar-refractivity contribution < 1.29 is 39.1 Å². The second-order valence-corrected chi connectivity index (χ2v) is 1.00. The van der Waals surface area contributed by atoms with E-state index in [-0.39, 0.29) is 39.1 Å². The molecular formula is C5H6Li2. The molecule has 28 valence electrons. The molecule has 0 saturated heterocycles. The van der Waals surface area contributed by atoms with Crippen molar-refractivity contribution in [3.05, 3.63) is 24.3 Å². The van der Waals surface area contributed by atoms with E-state index < -0.39 is 0 Å². The molecule has 0 N–H and O–H groups in total. The van der Waals surface area contributed by atoms with Crippen molar-refractivity contribution in [2.24, 2.45) is 0 Å². The van der Waals surface area contributed by atoms with Crippen LogP contribution in [0.25, 0.3) is 0 Å². The third-order valence-corrected chi connectivity index (χ3v) is 0.586. The van der Waals surface area contributed by atoms with Crippen LogP contribution < -0.4 is 37.7 Å². The van der Waals surface area contributed by atoms with Crippen molar-refractivity contribution in [1.29, 1.82) is 0 Å². The van der Waals surface area contributed by atoms with Gasteiger partial charge in [0.1, 0.15) is 0 Å². The Morgan fingerprint density at radius 3 is 2.29 bits per heavy atom. The van der Waals surface area contributed by atoms with Crippen LogP contribution in [0.1, 0.15) is 7.85 Å². The predicted molar refractivity (Wildman–Crippen MR) is 22.7 cm³/mol. The van der Waals surface area contributed by atoms with Gasteiger partial charge < -0.3 is 1.43 Å². The SMILES string of the molecule is [C-]1=CC=CC1.[H-].[Li+].[Li+]. The number of rotatable bonds is 0. The molecule has 0 aliphatic heterocycles. The van der Waals surface area contributed by atoms with E-state index in [0.29, 0.717) is 0 Å². The molecule has 0 amide bonds. The average Bonchev–Trinajstić information content (AvgIpc) is 1.76. The van der Waals surface area contributed by atoms with Gasteiger partial charge in [0.15, 0.2) is 0 Å². The van der Waals surface area contributed by atoms with Gasteiger partial charge >= 0.3 is 37.7 Å². The van der Waals surface area contributed by atoms with Gasteiger partial charge in [0.2, 0.25) is 0 Å². The molecule has 0 unspecified atom stereocenters. The minimum atomic E-state index is 0. The fourth-order valence-corrected chi connectivity index (χ4v) is 0.340. The fourth-order valence-electron chi connectivity index (χ4n) is 0.340. The monoisotopic (exact) mass is 80.1 g/mol. The molecule has 0 saturated carbocycles. The summed E-state index contributed by atoms with van der Waals surface area (Å²) in [6, 6.07) is 0. The van der Waals surface area contributed by atoms with Gasteiger partial charge in [-0.3, -0.25) is 6.08 Å². The zero-order valence-electron chi connectivity index (χ0n) is 5.94. The molecule has 1 aliphatic rings. The van der Waals surface area contributed by atoms with Gasteiger partial charge in [-0.25, -0.2) is 12.2 Å². The molecule has 0 aromatic carbocycles. The second-order valence-electron chi connectivity index (χ2n) is 1.00. The molecule has 0 spiro atoms. The maximum absolute atomic E-state index is 2.99. The van der Waals surface area contributed by atoms with Crippen LogP contribution in [0.3, 0.4) is 0 Å². The van der Waals surface area contributed by atoms with Crippen LogP contribution in [0.15, 0.2) is 18.2 Å². The summed E-state index contributed by atoms with van der Waals surface area (Å²) < 4.78 is 0. The zero-order chi connectivity index (χ0) is 3.54. The summed E-state index contributed by atoms with van der Waals surface area (Å²) >= 11 is 0. The first-order chi connectivity index (χ1) is 2.50. The van der Waals surface area contributed by atoms with Crippen LogP contribution in [0.2, 0.25) is 0 Å². The maximum Gasteiger partial charge on any atom is 1.00 e. The van der Waals surface area contributed by atoms with Crippen molar-refractivity contribution in [3.63, 3.8) is 0 Å². The standard InChI is InChI=1S/C5H5.2Li.H/c1-2-4-5-3-1;;;/h1-3H,4H2;;;/q-1;2*+1;-1. The predicted octanol–water partition coefficient (Wildman–Crippen LogP) is -4.57. The largest absolute Gasteiger partial charge is 1.00 e. The van der Waals surface area contributed by atoms with Crippen molar-refractivity contribution in [2.45, 2.75) is 6.42 Å². The molecule has 0 bridgehead atoms. The first-order valence-corrected chi connectivity index (χ1v) is 1.72. The third-order valence-electron chi connectivity index (χ3n) is 0.586. The summed E-state index contributed by atoms with van der Waals surface area (Å²) in [5.74, 6) is 0. The van der Waals surface area contributed by atoms with Gasteiger partial charge in [-0.05, 0) is 0 Å². The molecule has 1 aliphatic carbocycles. The molecule has 7 heavy (non-hydrogen) atoms. The Kier molecular flexibility index (Phi) is 10.1. The van der Waals surface area contributed by atoms with Crippen LogP contribution in [0.4, 0.5) is 0 Å². The van der Waals surface area contributed by atoms with Gasteiger partial charge in [0.05, 0.1) is 0 Å². The third kappa shape index (κ3) is 4.53. The quantitative estimate of drug-likeness (QED) is 0.203. The molecular weight excluding hydrogens is 73.9 g/mol. The summed E-state index contributed by atoms with van der Waals surface area (Å²) in [4.78, 5) is 0. The minimum Gasteiger partial charge on any atom is -1.00 e. The molecule has 1 rings (SSSR count). The Morgan fingerprint density at radius 1 is 1.43 bits per heavy atom. The van der Waals surface area contributed by atoms with E-state index in [1.54, 1.807) is 0 Å². The molecule has 0 nitrogen and oxygen atoms in total. The van der Waals surface area contributed by atoms with Gasteiger partial charge in [-0.1, -0.05) is 0 Å². The van der Waals surface area contributed by atoms with Crippen LogP contribution >= 0.6 is 0 Å². The molecule has 0 aromatic rings. The first kappa shape index (κ1) is 10.6. The van der Waals surface area contributed by atoms with Crippen LogP contribution in [-0.2, 0) is 0 Å². The smallest absolute Gasteiger partial charge is 1.00 e. The first-order valence-electron chi connectivity index (χ1n) is 1.72. The summed E-state index contributed by atoms with van der Waals surface area (Å²) in [6.07, 6.45) is 10.0. The molecule has 0 heterocycles. The number of hydrogen-bond acceptors (Lipinski definition) is 0. The zero-order valence-corrected chi connectivity index (χ0v) is 4.94. The maximum atomic E-state index is 2.99. The van der Waals surface area contributed by atoms with E-state index in [1.165, 1.54) is 0 Å². The van der Waals surface area contributed by atoms with Gasteiger partial charge in [0.25, 0.3) is 0 Å². The Balaban J connectivity index is -0.0000000833. The van der Waals surface area contributed by atoms with Crippen LogP contribution in [-0.4, -0.2) is 0 Å². The average molecular weight is 80.0 g/mol. The van der Waals surface area contributed by atoms with Gasteiger partial charge in [-0.15, -0.1) is 6.42 Å². The van der Waals surface area contributed by atoms with Crippen molar-refractivity contribution in [2.75, 3.05) is 0 Å². The van der Waals surface area contributed by atoms with Crippen LogP contribution in [0, 0.1) is 6.08 Å². The van der Waals surface area contributed by atoms with E-state index in [4.69, 9.17) is 0 Å². The normalized spacial score (nSPS) is 12.6. The Bertz CT molecular complexity index is 68.5. The summed E-state index contributed by atoms with van der Waals surface area (Å²) in [6.45, 7) is 0. The summed E-state index contributed by atoms with van der Waals surface area (Å²) in [5.41, 5.74) is 0. The second kappa shape index (κ2) is 6.67. The molecule has 0 aromatic heterocycles. The molecule has 0 fully saturated rings. The van der Waals surface area contributed by atoms with E-state index in [1.807, 2.05) is 12.2 Å². The Hall–Kier alpha value is 0.675.